The minimum absolute atomic E-state index is 0.190. The van der Waals surface area contributed by atoms with Crippen molar-refractivity contribution in [2.45, 2.75) is 26.2 Å². The average molecular weight is 156 g/mol. The second kappa shape index (κ2) is 2.23. The molecular formula is C7H12N2S. The molecule has 0 fully saturated rings. The van der Waals surface area contributed by atoms with Crippen molar-refractivity contribution in [3.8, 4) is 0 Å². The molecule has 1 rings (SSSR count). The van der Waals surface area contributed by atoms with E-state index in [1.807, 2.05) is 6.07 Å². The van der Waals surface area contributed by atoms with Gasteiger partial charge >= 0.3 is 0 Å². The lowest BCUT2D eigenvalue weighted by Crippen LogP contribution is -2.07. The highest BCUT2D eigenvalue weighted by molar-refractivity contribution is 7.06. The van der Waals surface area contributed by atoms with Crippen LogP contribution in [0.15, 0.2) is 6.07 Å². The van der Waals surface area contributed by atoms with Gasteiger partial charge in [0, 0.05) is 4.88 Å². The van der Waals surface area contributed by atoms with Crippen molar-refractivity contribution < 1.29 is 0 Å². The van der Waals surface area contributed by atoms with Crippen LogP contribution >= 0.6 is 11.5 Å². The topological polar surface area (TPSA) is 38.9 Å². The van der Waals surface area contributed by atoms with Gasteiger partial charge in [-0.15, -0.1) is 0 Å². The molecule has 0 amide bonds. The molecule has 1 aromatic rings. The predicted molar refractivity (Wildman–Crippen MR) is 45.2 cm³/mol. The number of hydrogen-bond donors (Lipinski definition) is 1. The molecule has 2 nitrogen and oxygen atoms in total. The number of rotatable bonds is 0. The second-order valence-electron chi connectivity index (χ2n) is 3.37. The summed E-state index contributed by atoms with van der Waals surface area (Å²) < 4.78 is 4.00. The molecule has 56 valence electrons. The van der Waals surface area contributed by atoms with E-state index in [9.17, 15) is 0 Å². The third-order valence-corrected chi connectivity index (χ3v) is 2.50. The fraction of sp³-hybridized carbons (Fsp3) is 0.571. The zero-order chi connectivity index (χ0) is 7.78. The number of anilines is 1. The molecule has 0 bridgehead atoms. The molecule has 10 heavy (non-hydrogen) atoms. The van der Waals surface area contributed by atoms with Crippen molar-refractivity contribution in [3.05, 3.63) is 10.9 Å². The summed E-state index contributed by atoms with van der Waals surface area (Å²) in [5, 5.41) is 0. The molecule has 0 saturated carbocycles. The molecule has 0 spiro atoms. The van der Waals surface area contributed by atoms with E-state index >= 15 is 0 Å². The Bertz CT molecular complexity index is 222. The van der Waals surface area contributed by atoms with Gasteiger partial charge in [0.05, 0.1) is 0 Å². The van der Waals surface area contributed by atoms with Crippen LogP contribution in [0.5, 0.6) is 0 Å². The maximum absolute atomic E-state index is 5.47. The summed E-state index contributed by atoms with van der Waals surface area (Å²) in [7, 11) is 0. The lowest BCUT2D eigenvalue weighted by Gasteiger charge is -2.13. The number of nitrogen functional groups attached to an aromatic ring is 1. The van der Waals surface area contributed by atoms with Gasteiger partial charge in [-0.3, -0.25) is 0 Å². The van der Waals surface area contributed by atoms with Gasteiger partial charge < -0.3 is 5.73 Å². The van der Waals surface area contributed by atoms with Crippen LogP contribution in [0.4, 0.5) is 5.82 Å². The highest BCUT2D eigenvalue weighted by Crippen LogP contribution is 2.26. The van der Waals surface area contributed by atoms with E-state index in [-0.39, 0.29) is 5.41 Å². The summed E-state index contributed by atoms with van der Waals surface area (Å²) in [5.41, 5.74) is 5.66. The molecule has 3 heteroatoms. The minimum Gasteiger partial charge on any atom is -0.383 e. The molecule has 0 aliphatic heterocycles. The summed E-state index contributed by atoms with van der Waals surface area (Å²) in [6.45, 7) is 6.46. The van der Waals surface area contributed by atoms with Crippen LogP contribution in [0, 0.1) is 0 Å². The maximum atomic E-state index is 5.47. The number of nitrogens with zero attached hydrogens (tertiary/aromatic N) is 1. The largest absolute Gasteiger partial charge is 0.383 e. The van der Waals surface area contributed by atoms with Gasteiger partial charge in [0.2, 0.25) is 0 Å². The highest BCUT2D eigenvalue weighted by Gasteiger charge is 2.15. The van der Waals surface area contributed by atoms with Crippen LogP contribution in [0.3, 0.4) is 0 Å². The first-order valence-electron chi connectivity index (χ1n) is 3.23. The summed E-state index contributed by atoms with van der Waals surface area (Å²) >= 11 is 1.48. The Labute approximate surface area is 65.2 Å². The van der Waals surface area contributed by atoms with Crippen molar-refractivity contribution in [1.29, 1.82) is 0 Å². The van der Waals surface area contributed by atoms with Crippen molar-refractivity contribution in [1.82, 2.24) is 4.37 Å². The molecule has 1 heterocycles. The molecule has 0 saturated heterocycles. The monoisotopic (exact) mass is 156 g/mol. The van der Waals surface area contributed by atoms with Crippen LogP contribution in [0.1, 0.15) is 25.6 Å². The zero-order valence-corrected chi connectivity index (χ0v) is 7.33. The first kappa shape index (κ1) is 7.54. The fourth-order valence-corrected chi connectivity index (χ4v) is 1.35. The number of aromatic nitrogens is 1. The molecule has 0 radical (unpaired) electrons. The molecule has 0 atom stereocenters. The fourth-order valence-electron chi connectivity index (χ4n) is 0.642. The SMILES string of the molecule is CC(C)(C)c1cc(N)ns1. The Hall–Kier alpha value is -0.570. The van der Waals surface area contributed by atoms with Crippen LogP contribution in [-0.4, -0.2) is 4.37 Å². The molecule has 0 aliphatic rings. The van der Waals surface area contributed by atoms with E-state index in [0.717, 1.165) is 0 Å². The lowest BCUT2D eigenvalue weighted by molar-refractivity contribution is 0.604. The van der Waals surface area contributed by atoms with Gasteiger partial charge in [-0.2, -0.15) is 4.37 Å². The first-order valence-corrected chi connectivity index (χ1v) is 4.00. The van der Waals surface area contributed by atoms with E-state index in [1.54, 1.807) is 0 Å². The van der Waals surface area contributed by atoms with Crippen molar-refractivity contribution in [3.63, 3.8) is 0 Å². The summed E-state index contributed by atoms with van der Waals surface area (Å²) in [5.74, 6) is 0.634. The van der Waals surface area contributed by atoms with Gasteiger partial charge in [-0.1, -0.05) is 20.8 Å². The van der Waals surface area contributed by atoms with E-state index < -0.39 is 0 Å². The first-order chi connectivity index (χ1) is 4.50. The molecule has 0 aromatic carbocycles. The van der Waals surface area contributed by atoms with E-state index in [4.69, 9.17) is 5.73 Å². The van der Waals surface area contributed by atoms with Crippen molar-refractivity contribution in [2.75, 3.05) is 5.73 Å². The lowest BCUT2D eigenvalue weighted by atomic mass is 9.95. The van der Waals surface area contributed by atoms with Gasteiger partial charge in [0.1, 0.15) is 5.82 Å². The third kappa shape index (κ3) is 1.48. The smallest absolute Gasteiger partial charge is 0.137 e. The highest BCUT2D eigenvalue weighted by atomic mass is 32.1. The Morgan fingerprint density at radius 2 is 2.10 bits per heavy atom. The Morgan fingerprint density at radius 1 is 1.50 bits per heavy atom. The number of nitrogens with two attached hydrogens (primary N) is 1. The van der Waals surface area contributed by atoms with E-state index in [1.165, 1.54) is 16.4 Å². The maximum Gasteiger partial charge on any atom is 0.137 e. The Kier molecular flexibility index (Phi) is 1.68. The summed E-state index contributed by atoms with van der Waals surface area (Å²) in [6.07, 6.45) is 0. The zero-order valence-electron chi connectivity index (χ0n) is 6.51. The van der Waals surface area contributed by atoms with E-state index in [0.29, 0.717) is 5.82 Å². The normalized spacial score (nSPS) is 11.9. The molecule has 2 N–H and O–H groups in total. The number of hydrogen-bond acceptors (Lipinski definition) is 3. The third-order valence-electron chi connectivity index (χ3n) is 1.27. The standard InChI is InChI=1S/C7H12N2S/c1-7(2,3)5-4-6(8)9-10-5/h4H,1-3H3,(H2,8,9). The van der Waals surface area contributed by atoms with Gasteiger partial charge in [-0.05, 0) is 23.0 Å². The van der Waals surface area contributed by atoms with Crippen LogP contribution in [0.25, 0.3) is 0 Å². The van der Waals surface area contributed by atoms with Gasteiger partial charge in [0.15, 0.2) is 0 Å². The quantitative estimate of drug-likeness (QED) is 0.624. The molecule has 1 aromatic heterocycles. The molecule has 0 aliphatic carbocycles. The molecule has 0 unspecified atom stereocenters. The van der Waals surface area contributed by atoms with E-state index in [2.05, 4.69) is 25.1 Å². The summed E-state index contributed by atoms with van der Waals surface area (Å²) in [6, 6.07) is 1.94. The van der Waals surface area contributed by atoms with Gasteiger partial charge in [-0.25, -0.2) is 0 Å². The average Bonchev–Trinajstić information content (AvgIpc) is 2.11. The van der Waals surface area contributed by atoms with Crippen LogP contribution < -0.4 is 5.73 Å². The Balaban J connectivity index is 2.96. The Morgan fingerprint density at radius 3 is 2.30 bits per heavy atom. The van der Waals surface area contributed by atoms with Crippen LogP contribution in [-0.2, 0) is 5.41 Å². The summed E-state index contributed by atoms with van der Waals surface area (Å²) in [4.78, 5) is 1.24. The van der Waals surface area contributed by atoms with Crippen molar-refractivity contribution in [2.24, 2.45) is 0 Å². The predicted octanol–water partition coefficient (Wildman–Crippen LogP) is 2.02. The second-order valence-corrected chi connectivity index (χ2v) is 4.17. The van der Waals surface area contributed by atoms with Crippen molar-refractivity contribution >= 4 is 17.4 Å². The van der Waals surface area contributed by atoms with Crippen LogP contribution in [0.2, 0.25) is 0 Å². The van der Waals surface area contributed by atoms with Gasteiger partial charge in [0.25, 0.3) is 0 Å². The molecular weight excluding hydrogens is 144 g/mol. The minimum atomic E-state index is 0.190.